The quantitative estimate of drug-likeness (QED) is 0.662. The summed E-state index contributed by atoms with van der Waals surface area (Å²) in [5, 5.41) is 0. The predicted molar refractivity (Wildman–Crippen MR) is 97.1 cm³/mol. The van der Waals surface area contributed by atoms with E-state index in [1.807, 2.05) is 30.3 Å². The highest BCUT2D eigenvalue weighted by molar-refractivity contribution is 6.35. The molecule has 0 bridgehead atoms. The van der Waals surface area contributed by atoms with Gasteiger partial charge in [0.2, 0.25) is 0 Å². The van der Waals surface area contributed by atoms with E-state index in [-0.39, 0.29) is 5.91 Å². The maximum absolute atomic E-state index is 12.9. The molecule has 0 spiro atoms. The second-order valence-corrected chi connectivity index (χ2v) is 5.74. The smallest absolute Gasteiger partial charge is 0.266 e. The first-order valence-electron chi connectivity index (χ1n) is 8.08. The summed E-state index contributed by atoms with van der Waals surface area (Å²) in [5.41, 5.74) is 1.09. The third-order valence-electron chi connectivity index (χ3n) is 4.16. The van der Waals surface area contributed by atoms with Crippen molar-refractivity contribution < 1.29 is 19.1 Å². The summed E-state index contributed by atoms with van der Waals surface area (Å²) >= 11 is 0. The molecular formula is C21H15NO4. The van der Waals surface area contributed by atoms with Crippen LogP contribution in [0.5, 0.6) is 17.2 Å². The molecule has 128 valence electrons. The monoisotopic (exact) mass is 345 g/mol. The van der Waals surface area contributed by atoms with Crippen LogP contribution in [0.4, 0.5) is 5.69 Å². The van der Waals surface area contributed by atoms with Crippen LogP contribution in [0.3, 0.4) is 0 Å². The number of fused-ring (bicyclic) bond motifs is 1. The average molecular weight is 345 g/mol. The van der Waals surface area contributed by atoms with E-state index in [1.54, 1.807) is 42.5 Å². The van der Waals surface area contributed by atoms with E-state index in [9.17, 15) is 9.59 Å². The van der Waals surface area contributed by atoms with E-state index in [2.05, 4.69) is 0 Å². The lowest BCUT2D eigenvalue weighted by Crippen LogP contribution is -2.29. The number of amides is 2. The number of anilines is 1. The molecule has 0 saturated heterocycles. The Hall–Kier alpha value is -3.60. The lowest BCUT2D eigenvalue weighted by molar-refractivity contribution is 0.0925. The van der Waals surface area contributed by atoms with E-state index in [0.717, 1.165) is 4.90 Å². The summed E-state index contributed by atoms with van der Waals surface area (Å²) in [4.78, 5) is 26.8. The van der Waals surface area contributed by atoms with Crippen molar-refractivity contribution in [3.05, 3.63) is 83.9 Å². The predicted octanol–water partition coefficient (Wildman–Crippen LogP) is 4.29. The first kappa shape index (κ1) is 15.9. The number of ether oxygens (including phenoxy) is 2. The van der Waals surface area contributed by atoms with Crippen molar-refractivity contribution in [2.75, 3.05) is 12.0 Å². The third-order valence-corrected chi connectivity index (χ3v) is 4.16. The normalized spacial score (nSPS) is 12.9. The van der Waals surface area contributed by atoms with Crippen molar-refractivity contribution in [3.8, 4) is 17.2 Å². The van der Waals surface area contributed by atoms with Crippen molar-refractivity contribution >= 4 is 17.5 Å². The molecule has 0 radical (unpaired) electrons. The molecule has 2 amide bonds. The van der Waals surface area contributed by atoms with Gasteiger partial charge in [0.1, 0.15) is 17.2 Å². The Morgan fingerprint density at radius 1 is 0.731 bits per heavy atom. The molecule has 0 fully saturated rings. The molecule has 0 aromatic heterocycles. The topological polar surface area (TPSA) is 55.8 Å². The zero-order valence-corrected chi connectivity index (χ0v) is 14.0. The van der Waals surface area contributed by atoms with Crippen LogP contribution in [-0.4, -0.2) is 18.9 Å². The number of carbonyl (C=O) groups is 2. The highest BCUT2D eigenvalue weighted by atomic mass is 16.5. The molecule has 3 aromatic rings. The van der Waals surface area contributed by atoms with Crippen LogP contribution in [0.2, 0.25) is 0 Å². The lowest BCUT2D eigenvalue weighted by Gasteiger charge is -2.16. The maximum atomic E-state index is 12.9. The first-order valence-corrected chi connectivity index (χ1v) is 8.08. The van der Waals surface area contributed by atoms with E-state index >= 15 is 0 Å². The van der Waals surface area contributed by atoms with Gasteiger partial charge in [-0.2, -0.15) is 0 Å². The van der Waals surface area contributed by atoms with Crippen molar-refractivity contribution in [2.45, 2.75) is 0 Å². The second-order valence-electron chi connectivity index (χ2n) is 5.74. The number of hydrogen-bond acceptors (Lipinski definition) is 4. The molecule has 0 unspecified atom stereocenters. The van der Waals surface area contributed by atoms with Gasteiger partial charge in [0.15, 0.2) is 0 Å². The van der Waals surface area contributed by atoms with Crippen LogP contribution in [0.1, 0.15) is 20.7 Å². The van der Waals surface area contributed by atoms with Gasteiger partial charge in [-0.05, 0) is 42.5 Å². The average Bonchev–Trinajstić information content (AvgIpc) is 2.93. The van der Waals surface area contributed by atoms with Gasteiger partial charge in [-0.15, -0.1) is 0 Å². The standard InChI is InChI=1S/C21H15NO4/c1-25-19-10-6-5-9-18(19)22-20(23)16-12-11-15(13-17(16)21(22)24)26-14-7-3-2-4-8-14/h2-13H,1H3. The van der Waals surface area contributed by atoms with Gasteiger partial charge >= 0.3 is 0 Å². The first-order chi connectivity index (χ1) is 12.7. The molecule has 26 heavy (non-hydrogen) atoms. The Kier molecular flexibility index (Phi) is 3.89. The molecule has 4 rings (SSSR count). The van der Waals surface area contributed by atoms with Crippen molar-refractivity contribution in [1.29, 1.82) is 0 Å². The van der Waals surface area contributed by atoms with Gasteiger partial charge in [-0.25, -0.2) is 4.90 Å². The summed E-state index contributed by atoms with van der Waals surface area (Å²) in [5.74, 6) is 0.848. The Morgan fingerprint density at radius 2 is 1.42 bits per heavy atom. The van der Waals surface area contributed by atoms with Crippen LogP contribution in [-0.2, 0) is 0 Å². The Balaban J connectivity index is 1.70. The van der Waals surface area contributed by atoms with Crippen molar-refractivity contribution in [3.63, 3.8) is 0 Å². The lowest BCUT2D eigenvalue weighted by atomic mass is 10.1. The number of methoxy groups -OCH3 is 1. The van der Waals surface area contributed by atoms with Gasteiger partial charge in [-0.3, -0.25) is 9.59 Å². The van der Waals surface area contributed by atoms with Crippen LogP contribution in [0, 0.1) is 0 Å². The van der Waals surface area contributed by atoms with Gasteiger partial charge in [-0.1, -0.05) is 30.3 Å². The van der Waals surface area contributed by atoms with Gasteiger partial charge in [0.25, 0.3) is 11.8 Å². The minimum Gasteiger partial charge on any atom is -0.495 e. The fraction of sp³-hybridized carbons (Fsp3) is 0.0476. The molecule has 5 nitrogen and oxygen atoms in total. The third kappa shape index (κ3) is 2.59. The van der Waals surface area contributed by atoms with Gasteiger partial charge in [0, 0.05) is 0 Å². The van der Waals surface area contributed by atoms with E-state index < -0.39 is 5.91 Å². The summed E-state index contributed by atoms with van der Waals surface area (Å²) in [6.07, 6.45) is 0. The zero-order chi connectivity index (χ0) is 18.1. The minimum atomic E-state index is -0.395. The molecule has 3 aromatic carbocycles. The van der Waals surface area contributed by atoms with E-state index in [0.29, 0.717) is 34.1 Å². The highest BCUT2D eigenvalue weighted by Gasteiger charge is 2.38. The molecule has 0 atom stereocenters. The van der Waals surface area contributed by atoms with Crippen molar-refractivity contribution in [2.24, 2.45) is 0 Å². The minimum absolute atomic E-state index is 0.314. The summed E-state index contributed by atoms with van der Waals surface area (Å²) < 4.78 is 11.1. The van der Waals surface area contributed by atoms with E-state index in [4.69, 9.17) is 9.47 Å². The molecule has 1 aliphatic heterocycles. The molecule has 1 heterocycles. The zero-order valence-electron chi connectivity index (χ0n) is 14.0. The molecule has 5 heteroatoms. The maximum Gasteiger partial charge on any atom is 0.266 e. The molecular weight excluding hydrogens is 330 g/mol. The number of hydrogen-bond donors (Lipinski definition) is 0. The van der Waals surface area contributed by atoms with Crippen LogP contribution < -0.4 is 14.4 Å². The number of para-hydroxylation sites is 3. The number of imide groups is 1. The SMILES string of the molecule is COc1ccccc1N1C(=O)c2ccc(Oc3ccccc3)cc2C1=O. The summed E-state index contributed by atoms with van der Waals surface area (Å²) in [6, 6.07) is 21.1. The van der Waals surface area contributed by atoms with E-state index in [1.165, 1.54) is 7.11 Å². The molecule has 1 aliphatic rings. The fourth-order valence-corrected chi connectivity index (χ4v) is 2.94. The Labute approximate surface area is 150 Å². The summed E-state index contributed by atoms with van der Waals surface area (Å²) in [7, 11) is 1.50. The fourth-order valence-electron chi connectivity index (χ4n) is 2.94. The number of benzene rings is 3. The van der Waals surface area contributed by atoms with Crippen LogP contribution in [0.25, 0.3) is 0 Å². The summed E-state index contributed by atoms with van der Waals surface area (Å²) in [6.45, 7) is 0. The molecule has 0 saturated carbocycles. The number of nitrogens with zero attached hydrogens (tertiary/aromatic N) is 1. The largest absolute Gasteiger partial charge is 0.495 e. The highest BCUT2D eigenvalue weighted by Crippen LogP contribution is 2.36. The Bertz CT molecular complexity index is 998. The second kappa shape index (κ2) is 6.37. The molecule has 0 N–H and O–H groups in total. The van der Waals surface area contributed by atoms with Crippen molar-refractivity contribution in [1.82, 2.24) is 0 Å². The van der Waals surface area contributed by atoms with Gasteiger partial charge in [0.05, 0.1) is 23.9 Å². The molecule has 0 aliphatic carbocycles. The van der Waals surface area contributed by atoms with Crippen LogP contribution >= 0.6 is 0 Å². The van der Waals surface area contributed by atoms with Crippen LogP contribution in [0.15, 0.2) is 72.8 Å². The van der Waals surface area contributed by atoms with Gasteiger partial charge < -0.3 is 9.47 Å². The number of carbonyl (C=O) groups excluding carboxylic acids is 2. The Morgan fingerprint density at radius 3 is 2.19 bits per heavy atom. The number of rotatable bonds is 4.